The summed E-state index contributed by atoms with van der Waals surface area (Å²) in [6.45, 7) is 9.01. The Labute approximate surface area is 77.8 Å². The molecule has 1 aromatic rings. The van der Waals surface area contributed by atoms with E-state index in [-0.39, 0.29) is 0 Å². The van der Waals surface area contributed by atoms with Gasteiger partial charge in [-0.05, 0) is 12.0 Å². The lowest BCUT2D eigenvalue weighted by Crippen LogP contribution is -1.82. The van der Waals surface area contributed by atoms with Crippen molar-refractivity contribution in [3.05, 3.63) is 40.2 Å². The van der Waals surface area contributed by atoms with Gasteiger partial charge in [0.1, 0.15) is 0 Å². The number of hydrogen-bond acceptors (Lipinski definition) is 0. The smallest absolute Gasteiger partial charge is 0.190 e. The molecule has 0 heterocycles. The zero-order chi connectivity index (χ0) is 8.97. The fraction of sp³-hybridized carbons (Fsp3) is 0.300. The first-order chi connectivity index (χ1) is 5.77. The van der Waals surface area contributed by atoms with Crippen LogP contribution >= 0.6 is 11.6 Å². The fourth-order valence-electron chi connectivity index (χ4n) is 1.13. The lowest BCUT2D eigenvalue weighted by molar-refractivity contribution is 0.925. The minimum atomic E-state index is 0.714. The van der Waals surface area contributed by atoms with Crippen LogP contribution in [0.3, 0.4) is 0 Å². The number of aryl methyl sites for hydroxylation is 1. The topological polar surface area (TPSA) is 4.36 Å². The molecule has 1 rings (SSSR count). The quantitative estimate of drug-likeness (QED) is 0.608. The third-order valence-corrected chi connectivity index (χ3v) is 1.92. The Hall–Kier alpha value is -1.00. The van der Waals surface area contributed by atoms with E-state index in [9.17, 15) is 0 Å². The van der Waals surface area contributed by atoms with Gasteiger partial charge in [-0.15, -0.1) is 0 Å². The number of halogens is 1. The van der Waals surface area contributed by atoms with Crippen molar-refractivity contribution in [1.82, 2.24) is 0 Å². The SMILES string of the molecule is [C-]#[N+]c1ccc(Cl)cc1CCC. The molecule has 0 N–H and O–H groups in total. The fourth-order valence-corrected chi connectivity index (χ4v) is 1.33. The molecule has 0 aliphatic heterocycles. The Balaban J connectivity index is 3.06. The highest BCUT2D eigenvalue weighted by Crippen LogP contribution is 2.24. The first-order valence-corrected chi connectivity index (χ1v) is 4.31. The molecular formula is C10H10ClN. The first-order valence-electron chi connectivity index (χ1n) is 3.93. The summed E-state index contributed by atoms with van der Waals surface area (Å²) in [5.74, 6) is 0. The average molecular weight is 180 g/mol. The van der Waals surface area contributed by atoms with Gasteiger partial charge in [0.25, 0.3) is 0 Å². The van der Waals surface area contributed by atoms with Crippen LogP contribution < -0.4 is 0 Å². The normalized spacial score (nSPS) is 9.42. The van der Waals surface area contributed by atoms with E-state index < -0.39 is 0 Å². The summed E-state index contributed by atoms with van der Waals surface area (Å²) in [5, 5.41) is 0.714. The van der Waals surface area contributed by atoms with Crippen LogP contribution in [0.25, 0.3) is 4.85 Å². The molecule has 0 aromatic heterocycles. The summed E-state index contributed by atoms with van der Waals surface area (Å²) in [7, 11) is 0. The van der Waals surface area contributed by atoms with Gasteiger partial charge in [-0.2, -0.15) is 0 Å². The zero-order valence-electron chi connectivity index (χ0n) is 6.97. The van der Waals surface area contributed by atoms with Gasteiger partial charge >= 0.3 is 0 Å². The Kier molecular flexibility index (Phi) is 3.13. The molecule has 2 heteroatoms. The maximum Gasteiger partial charge on any atom is 0.190 e. The summed E-state index contributed by atoms with van der Waals surface area (Å²) in [6, 6.07) is 5.41. The van der Waals surface area contributed by atoms with Gasteiger partial charge in [-0.1, -0.05) is 43.1 Å². The van der Waals surface area contributed by atoms with Crippen LogP contribution in [-0.2, 0) is 6.42 Å². The van der Waals surface area contributed by atoms with Crippen LogP contribution in [-0.4, -0.2) is 0 Å². The van der Waals surface area contributed by atoms with Crippen LogP contribution in [0.4, 0.5) is 5.69 Å². The highest BCUT2D eigenvalue weighted by Gasteiger charge is 2.00. The van der Waals surface area contributed by atoms with E-state index in [1.54, 1.807) is 12.1 Å². The monoisotopic (exact) mass is 179 g/mol. The van der Waals surface area contributed by atoms with Crippen molar-refractivity contribution in [1.29, 1.82) is 0 Å². The molecule has 1 aromatic carbocycles. The molecule has 0 fully saturated rings. The van der Waals surface area contributed by atoms with Gasteiger partial charge in [0.2, 0.25) is 0 Å². The zero-order valence-corrected chi connectivity index (χ0v) is 7.73. The Morgan fingerprint density at radius 1 is 1.50 bits per heavy atom. The molecule has 1 nitrogen and oxygen atoms in total. The third-order valence-electron chi connectivity index (χ3n) is 1.68. The van der Waals surface area contributed by atoms with Crippen LogP contribution in [0, 0.1) is 6.57 Å². The highest BCUT2D eigenvalue weighted by molar-refractivity contribution is 6.30. The van der Waals surface area contributed by atoms with Gasteiger partial charge in [0.05, 0.1) is 6.57 Å². The minimum Gasteiger partial charge on any atom is -0.238 e. The molecule has 0 aliphatic rings. The Bertz CT molecular complexity index is 312. The maximum absolute atomic E-state index is 6.92. The predicted octanol–water partition coefficient (Wildman–Crippen LogP) is 3.84. The van der Waals surface area contributed by atoms with E-state index in [0.29, 0.717) is 5.02 Å². The van der Waals surface area contributed by atoms with Crippen molar-refractivity contribution in [3.63, 3.8) is 0 Å². The van der Waals surface area contributed by atoms with E-state index in [4.69, 9.17) is 18.2 Å². The number of benzene rings is 1. The summed E-state index contributed by atoms with van der Waals surface area (Å²) in [5.41, 5.74) is 1.78. The van der Waals surface area contributed by atoms with Crippen molar-refractivity contribution in [2.24, 2.45) is 0 Å². The average Bonchev–Trinajstić information content (AvgIpc) is 2.05. The molecule has 62 valence electrons. The van der Waals surface area contributed by atoms with Crippen molar-refractivity contribution in [3.8, 4) is 0 Å². The van der Waals surface area contributed by atoms with Crippen molar-refractivity contribution >= 4 is 17.3 Å². The van der Waals surface area contributed by atoms with Crippen LogP contribution in [0.2, 0.25) is 5.02 Å². The molecule has 0 amide bonds. The van der Waals surface area contributed by atoms with Crippen molar-refractivity contribution in [2.45, 2.75) is 19.8 Å². The van der Waals surface area contributed by atoms with E-state index in [1.807, 2.05) is 6.07 Å². The second-order valence-corrected chi connectivity index (χ2v) is 3.07. The molecule has 0 saturated heterocycles. The standard InChI is InChI=1S/C10H10ClN/c1-3-4-8-7-9(11)5-6-10(8)12-2/h5-7H,3-4H2,1H3. The van der Waals surface area contributed by atoms with E-state index >= 15 is 0 Å². The molecular weight excluding hydrogens is 170 g/mol. The first kappa shape index (κ1) is 9.09. The van der Waals surface area contributed by atoms with Crippen LogP contribution in [0.1, 0.15) is 18.9 Å². The summed E-state index contributed by atoms with van der Waals surface area (Å²) in [6.07, 6.45) is 1.97. The Morgan fingerprint density at radius 3 is 2.83 bits per heavy atom. The molecule has 0 spiro atoms. The molecule has 0 radical (unpaired) electrons. The van der Waals surface area contributed by atoms with Gasteiger partial charge < -0.3 is 0 Å². The lowest BCUT2D eigenvalue weighted by Gasteiger charge is -2.01. The second kappa shape index (κ2) is 4.13. The maximum atomic E-state index is 6.92. The molecule has 0 atom stereocenters. The molecule has 0 unspecified atom stereocenters. The van der Waals surface area contributed by atoms with Crippen LogP contribution in [0.5, 0.6) is 0 Å². The van der Waals surface area contributed by atoms with Gasteiger partial charge in [0, 0.05) is 5.02 Å². The van der Waals surface area contributed by atoms with Crippen molar-refractivity contribution < 1.29 is 0 Å². The largest absolute Gasteiger partial charge is 0.238 e. The van der Waals surface area contributed by atoms with E-state index in [1.165, 1.54) is 0 Å². The lowest BCUT2D eigenvalue weighted by atomic mass is 10.1. The summed E-state index contributed by atoms with van der Waals surface area (Å²) >= 11 is 5.81. The molecule has 0 saturated carbocycles. The highest BCUT2D eigenvalue weighted by atomic mass is 35.5. The second-order valence-electron chi connectivity index (χ2n) is 2.63. The summed E-state index contributed by atoms with van der Waals surface area (Å²) in [4.78, 5) is 3.42. The minimum absolute atomic E-state index is 0.714. The predicted molar refractivity (Wildman–Crippen MR) is 51.7 cm³/mol. The van der Waals surface area contributed by atoms with E-state index in [0.717, 1.165) is 24.1 Å². The van der Waals surface area contributed by atoms with Crippen molar-refractivity contribution in [2.75, 3.05) is 0 Å². The van der Waals surface area contributed by atoms with Gasteiger partial charge in [-0.3, -0.25) is 0 Å². The van der Waals surface area contributed by atoms with Gasteiger partial charge in [-0.25, -0.2) is 4.85 Å². The molecule has 0 aliphatic carbocycles. The van der Waals surface area contributed by atoms with E-state index in [2.05, 4.69) is 11.8 Å². The Morgan fingerprint density at radius 2 is 2.25 bits per heavy atom. The number of rotatable bonds is 2. The third kappa shape index (κ3) is 1.99. The summed E-state index contributed by atoms with van der Waals surface area (Å²) < 4.78 is 0. The number of nitrogens with zero attached hydrogens (tertiary/aromatic N) is 1. The number of hydrogen-bond donors (Lipinski definition) is 0. The molecule has 0 bridgehead atoms. The van der Waals surface area contributed by atoms with Crippen LogP contribution in [0.15, 0.2) is 18.2 Å². The van der Waals surface area contributed by atoms with Gasteiger partial charge in [0.15, 0.2) is 5.69 Å². The molecule has 12 heavy (non-hydrogen) atoms.